The van der Waals surface area contributed by atoms with Crippen LogP contribution in [0.15, 0.2) is 22.8 Å². The Balaban J connectivity index is 1.91. The van der Waals surface area contributed by atoms with Crippen LogP contribution in [0, 0.1) is 0 Å². The Morgan fingerprint density at radius 3 is 2.59 bits per heavy atom. The summed E-state index contributed by atoms with van der Waals surface area (Å²) in [6, 6.07) is 2.62. The van der Waals surface area contributed by atoms with E-state index in [4.69, 9.17) is 4.42 Å². The van der Waals surface area contributed by atoms with Crippen LogP contribution in [-0.4, -0.2) is 46.6 Å². The summed E-state index contributed by atoms with van der Waals surface area (Å²) in [6.45, 7) is 1.76. The number of carbonyl (C=O) groups is 4. The number of nitrogens with one attached hydrogen (secondary N) is 1. The van der Waals surface area contributed by atoms with Crippen molar-refractivity contribution in [2.75, 3.05) is 13.1 Å². The van der Waals surface area contributed by atoms with Crippen LogP contribution in [0.1, 0.15) is 25.5 Å². The van der Waals surface area contributed by atoms with Gasteiger partial charge >= 0.3 is 17.8 Å². The lowest BCUT2D eigenvalue weighted by molar-refractivity contribution is -0.144. The summed E-state index contributed by atoms with van der Waals surface area (Å²) in [6.07, 6.45) is 2.87. The minimum Gasteiger partial charge on any atom is -0.467 e. The van der Waals surface area contributed by atoms with Crippen molar-refractivity contribution >= 4 is 23.8 Å². The second-order valence-electron chi connectivity index (χ2n) is 4.84. The molecule has 22 heavy (non-hydrogen) atoms. The minimum absolute atomic E-state index is 0.148. The van der Waals surface area contributed by atoms with Gasteiger partial charge in [0.05, 0.1) is 12.8 Å². The zero-order valence-corrected chi connectivity index (χ0v) is 12.2. The molecule has 1 aliphatic rings. The van der Waals surface area contributed by atoms with Crippen LogP contribution in [0.3, 0.4) is 0 Å². The summed E-state index contributed by atoms with van der Waals surface area (Å²) >= 11 is 0. The van der Waals surface area contributed by atoms with Gasteiger partial charge in [-0.3, -0.25) is 19.3 Å². The third-order valence-corrected chi connectivity index (χ3v) is 3.21. The van der Waals surface area contributed by atoms with E-state index in [-0.39, 0.29) is 13.1 Å². The van der Waals surface area contributed by atoms with E-state index in [9.17, 15) is 19.2 Å². The molecule has 1 aromatic heterocycles. The molecule has 1 saturated heterocycles. The number of imide groups is 2. The molecule has 8 heteroatoms. The number of rotatable bonds is 7. The molecule has 0 aliphatic carbocycles. The Hall–Kier alpha value is -2.64. The molecule has 1 fully saturated rings. The first kappa shape index (κ1) is 15.7. The first-order chi connectivity index (χ1) is 10.5. The Morgan fingerprint density at radius 1 is 1.23 bits per heavy atom. The predicted octanol–water partition coefficient (Wildman–Crippen LogP) is 0.487. The number of hydrogen-bond acceptors (Lipinski definition) is 5. The summed E-state index contributed by atoms with van der Waals surface area (Å²) in [5.41, 5.74) is 0. The van der Waals surface area contributed by atoms with Crippen molar-refractivity contribution in [3.63, 3.8) is 0 Å². The number of carbonyl (C=O) groups excluding carboxylic acids is 4. The Kier molecular flexibility index (Phi) is 4.92. The monoisotopic (exact) mass is 307 g/mol. The standard InChI is InChI=1S/C14H17N3O5/c1-2-3-6-16-12(19)13(20)17(14(16)21)9-11(18)15-8-10-5-4-7-22-10/h4-5,7H,2-3,6,8-9H2,1H3,(H,15,18). The molecular formula is C14H17N3O5. The summed E-state index contributed by atoms with van der Waals surface area (Å²) in [5, 5.41) is 2.52. The Morgan fingerprint density at radius 2 is 1.95 bits per heavy atom. The quantitative estimate of drug-likeness (QED) is 0.583. The van der Waals surface area contributed by atoms with Gasteiger partial charge in [0.25, 0.3) is 0 Å². The first-order valence-electron chi connectivity index (χ1n) is 7.01. The summed E-state index contributed by atoms with van der Waals surface area (Å²) in [5.74, 6) is -1.83. The average Bonchev–Trinajstić information content (AvgIpc) is 3.08. The van der Waals surface area contributed by atoms with Gasteiger partial charge in [-0.05, 0) is 18.6 Å². The lowest BCUT2D eigenvalue weighted by Crippen LogP contribution is -2.41. The van der Waals surface area contributed by atoms with Gasteiger partial charge in [-0.2, -0.15) is 0 Å². The van der Waals surface area contributed by atoms with Gasteiger partial charge in [0.15, 0.2) is 0 Å². The summed E-state index contributed by atoms with van der Waals surface area (Å²) < 4.78 is 5.05. The molecule has 0 unspecified atom stereocenters. The van der Waals surface area contributed by atoms with Crippen LogP contribution in [0.25, 0.3) is 0 Å². The molecule has 0 atom stereocenters. The zero-order valence-electron chi connectivity index (χ0n) is 12.2. The molecule has 0 aromatic carbocycles. The van der Waals surface area contributed by atoms with E-state index in [2.05, 4.69) is 5.32 Å². The molecular weight excluding hydrogens is 290 g/mol. The van der Waals surface area contributed by atoms with Crippen LogP contribution in [0.2, 0.25) is 0 Å². The maximum absolute atomic E-state index is 12.0. The van der Waals surface area contributed by atoms with Crippen molar-refractivity contribution in [3.8, 4) is 0 Å². The van der Waals surface area contributed by atoms with Gasteiger partial charge in [0.2, 0.25) is 5.91 Å². The Bertz CT molecular complexity index is 581. The van der Waals surface area contributed by atoms with Crippen molar-refractivity contribution in [1.82, 2.24) is 15.1 Å². The fraction of sp³-hybridized carbons (Fsp3) is 0.429. The molecule has 0 spiro atoms. The van der Waals surface area contributed by atoms with E-state index < -0.39 is 30.3 Å². The highest BCUT2D eigenvalue weighted by atomic mass is 16.3. The van der Waals surface area contributed by atoms with E-state index in [1.54, 1.807) is 12.1 Å². The normalized spacial score (nSPS) is 14.9. The van der Waals surface area contributed by atoms with Crippen LogP contribution in [0.5, 0.6) is 0 Å². The molecule has 1 aromatic rings. The molecule has 0 bridgehead atoms. The fourth-order valence-corrected chi connectivity index (χ4v) is 2.00. The van der Waals surface area contributed by atoms with E-state index in [0.29, 0.717) is 17.1 Å². The van der Waals surface area contributed by atoms with Crippen molar-refractivity contribution < 1.29 is 23.6 Å². The van der Waals surface area contributed by atoms with Gasteiger partial charge in [0, 0.05) is 6.54 Å². The first-order valence-corrected chi connectivity index (χ1v) is 7.01. The lowest BCUT2D eigenvalue weighted by atomic mass is 10.3. The molecule has 0 radical (unpaired) electrons. The number of amides is 5. The molecule has 1 aliphatic heterocycles. The molecule has 0 saturated carbocycles. The van der Waals surface area contributed by atoms with Crippen molar-refractivity contribution in [2.24, 2.45) is 0 Å². The van der Waals surface area contributed by atoms with Gasteiger partial charge in [-0.1, -0.05) is 13.3 Å². The number of unbranched alkanes of at least 4 members (excludes halogenated alkanes) is 1. The number of hydrogen-bond donors (Lipinski definition) is 1. The number of urea groups is 1. The minimum atomic E-state index is -0.964. The lowest BCUT2D eigenvalue weighted by Gasteiger charge is -2.14. The smallest absolute Gasteiger partial charge is 0.334 e. The van der Waals surface area contributed by atoms with Crippen LogP contribution in [0.4, 0.5) is 4.79 Å². The maximum Gasteiger partial charge on any atom is 0.334 e. The number of nitrogens with zero attached hydrogens (tertiary/aromatic N) is 2. The highest BCUT2D eigenvalue weighted by molar-refractivity contribution is 6.45. The van der Waals surface area contributed by atoms with Crippen molar-refractivity contribution in [1.29, 1.82) is 0 Å². The van der Waals surface area contributed by atoms with E-state index in [0.717, 1.165) is 11.3 Å². The van der Waals surface area contributed by atoms with Crippen LogP contribution >= 0.6 is 0 Å². The predicted molar refractivity (Wildman–Crippen MR) is 74.3 cm³/mol. The topological polar surface area (TPSA) is 99.9 Å². The average molecular weight is 307 g/mol. The van der Waals surface area contributed by atoms with Gasteiger partial charge in [0.1, 0.15) is 12.3 Å². The van der Waals surface area contributed by atoms with E-state index >= 15 is 0 Å². The molecule has 2 heterocycles. The molecule has 8 nitrogen and oxygen atoms in total. The highest BCUT2D eigenvalue weighted by Gasteiger charge is 2.44. The number of furan rings is 1. The molecule has 118 valence electrons. The van der Waals surface area contributed by atoms with E-state index in [1.807, 2.05) is 6.92 Å². The second-order valence-corrected chi connectivity index (χ2v) is 4.84. The molecule has 1 N–H and O–H groups in total. The van der Waals surface area contributed by atoms with Crippen LogP contribution in [-0.2, 0) is 20.9 Å². The van der Waals surface area contributed by atoms with E-state index in [1.165, 1.54) is 6.26 Å². The summed E-state index contributed by atoms with van der Waals surface area (Å²) in [4.78, 5) is 48.8. The second kappa shape index (κ2) is 6.88. The summed E-state index contributed by atoms with van der Waals surface area (Å²) in [7, 11) is 0. The largest absolute Gasteiger partial charge is 0.467 e. The Labute approximate surface area is 127 Å². The zero-order chi connectivity index (χ0) is 16.1. The van der Waals surface area contributed by atoms with Gasteiger partial charge < -0.3 is 9.73 Å². The third kappa shape index (κ3) is 3.33. The van der Waals surface area contributed by atoms with Crippen molar-refractivity contribution in [2.45, 2.75) is 26.3 Å². The maximum atomic E-state index is 12.0. The van der Waals surface area contributed by atoms with Crippen LogP contribution < -0.4 is 5.32 Å². The SMILES string of the molecule is CCCCN1C(=O)C(=O)N(CC(=O)NCc2ccco2)C1=O. The van der Waals surface area contributed by atoms with Gasteiger partial charge in [-0.15, -0.1) is 0 Å². The van der Waals surface area contributed by atoms with Gasteiger partial charge in [-0.25, -0.2) is 9.69 Å². The highest BCUT2D eigenvalue weighted by Crippen LogP contribution is 2.12. The van der Waals surface area contributed by atoms with Crippen molar-refractivity contribution in [3.05, 3.63) is 24.2 Å². The third-order valence-electron chi connectivity index (χ3n) is 3.21. The molecule has 5 amide bonds. The fourth-order valence-electron chi connectivity index (χ4n) is 2.00. The molecule has 2 rings (SSSR count).